The average molecular weight is 446 g/mol. The summed E-state index contributed by atoms with van der Waals surface area (Å²) in [7, 11) is 1.70. The van der Waals surface area contributed by atoms with Crippen molar-refractivity contribution in [2.45, 2.75) is 51.7 Å². The first-order chi connectivity index (χ1) is 14.8. The number of azo groups is 2. The van der Waals surface area contributed by atoms with E-state index < -0.39 is 0 Å². The number of hydrogen-bond donors (Lipinski definition) is 2. The molecular formula is C22H30ClN6O2+. The van der Waals surface area contributed by atoms with Crippen molar-refractivity contribution in [3.63, 3.8) is 0 Å². The molecule has 2 unspecified atom stereocenters. The first-order valence-electron chi connectivity index (χ1n) is 10.6. The molecule has 4 rings (SSSR count). The van der Waals surface area contributed by atoms with Gasteiger partial charge in [-0.1, -0.05) is 11.6 Å². The van der Waals surface area contributed by atoms with Crippen LogP contribution in [0.5, 0.6) is 5.75 Å². The number of anilines is 1. The van der Waals surface area contributed by atoms with Crippen molar-refractivity contribution in [1.29, 1.82) is 0 Å². The number of rotatable bonds is 6. The lowest BCUT2D eigenvalue weighted by Gasteiger charge is -2.44. The first-order valence-corrected chi connectivity index (χ1v) is 11.0. The van der Waals surface area contributed by atoms with Gasteiger partial charge in [-0.25, -0.2) is 0 Å². The second-order valence-electron chi connectivity index (χ2n) is 8.51. The number of hydrogen-bond acceptors (Lipinski definition) is 7. The minimum atomic E-state index is -0.155. The van der Waals surface area contributed by atoms with Crippen LogP contribution in [-0.2, 0) is 0 Å². The highest BCUT2D eigenvalue weighted by Gasteiger charge is 2.40. The monoisotopic (exact) mass is 445 g/mol. The van der Waals surface area contributed by atoms with Gasteiger partial charge in [0.2, 0.25) is 6.33 Å². The molecule has 166 valence electrons. The number of halogens is 1. The fourth-order valence-electron chi connectivity index (χ4n) is 4.66. The molecule has 1 fully saturated rings. The lowest BCUT2D eigenvalue weighted by Crippen LogP contribution is -2.51. The van der Waals surface area contributed by atoms with Crippen LogP contribution in [0, 0.1) is 6.92 Å². The highest BCUT2D eigenvalue weighted by Crippen LogP contribution is 2.46. The fourth-order valence-corrected chi connectivity index (χ4v) is 4.88. The zero-order chi connectivity index (χ0) is 22.4. The molecule has 1 aromatic carbocycles. The van der Waals surface area contributed by atoms with E-state index in [2.05, 4.69) is 21.8 Å². The molecule has 3 atom stereocenters. The number of nitrogens with two attached hydrogens (primary N) is 1. The smallest absolute Gasteiger partial charge is 0.354 e. The summed E-state index contributed by atoms with van der Waals surface area (Å²) in [5.74, 6) is 2.32. The number of aromatic nitrogens is 2. The van der Waals surface area contributed by atoms with Gasteiger partial charge >= 0.3 is 5.82 Å². The van der Waals surface area contributed by atoms with Crippen molar-refractivity contribution < 1.29 is 14.5 Å². The molecule has 0 bridgehead atoms. The number of benzene rings is 1. The summed E-state index contributed by atoms with van der Waals surface area (Å²) in [6.07, 6.45) is 1.47. The lowest BCUT2D eigenvalue weighted by molar-refractivity contribution is -0.555. The molecule has 3 N–H and O–H groups in total. The topological polar surface area (TPSA) is 99.9 Å². The molecule has 3 heterocycles. The Morgan fingerprint density at radius 3 is 2.68 bits per heavy atom. The van der Waals surface area contributed by atoms with Gasteiger partial charge in [0.05, 0.1) is 13.7 Å². The molecule has 2 aliphatic heterocycles. The summed E-state index contributed by atoms with van der Waals surface area (Å²) < 4.78 is 7.85. The quantitative estimate of drug-likeness (QED) is 0.657. The van der Waals surface area contributed by atoms with Crippen LogP contribution >= 0.6 is 11.6 Å². The number of ether oxygens (including phenoxy) is 1. The van der Waals surface area contributed by atoms with Gasteiger partial charge in [-0.3, -0.25) is 4.90 Å². The Bertz CT molecular complexity index is 1040. The summed E-state index contributed by atoms with van der Waals surface area (Å²) in [5, 5.41) is 15.0. The second kappa shape index (κ2) is 8.33. The van der Waals surface area contributed by atoms with E-state index in [9.17, 15) is 5.11 Å². The summed E-state index contributed by atoms with van der Waals surface area (Å²) >= 11 is 6.70. The second-order valence-corrected chi connectivity index (χ2v) is 8.92. The van der Waals surface area contributed by atoms with E-state index in [-0.39, 0.29) is 24.7 Å². The molecule has 9 heteroatoms. The third-order valence-electron chi connectivity index (χ3n) is 6.60. The molecule has 8 nitrogen and oxygen atoms in total. The van der Waals surface area contributed by atoms with E-state index in [0.29, 0.717) is 16.8 Å². The van der Waals surface area contributed by atoms with Gasteiger partial charge in [0.25, 0.3) is 0 Å². The molecule has 2 aliphatic rings. The van der Waals surface area contributed by atoms with Gasteiger partial charge in [0.1, 0.15) is 29.2 Å². The maximum absolute atomic E-state index is 9.46. The Balaban J connectivity index is 1.74. The third-order valence-corrected chi connectivity index (χ3v) is 7.00. The van der Waals surface area contributed by atoms with Crippen LogP contribution in [0.1, 0.15) is 61.0 Å². The van der Waals surface area contributed by atoms with Crippen molar-refractivity contribution in [3.8, 4) is 5.75 Å². The van der Waals surface area contributed by atoms with Crippen LogP contribution in [0.25, 0.3) is 0 Å². The molecule has 0 aliphatic carbocycles. The zero-order valence-corrected chi connectivity index (χ0v) is 19.4. The Kier molecular flexibility index (Phi) is 5.89. The largest absolute Gasteiger partial charge is 0.496 e. The summed E-state index contributed by atoms with van der Waals surface area (Å²) in [4.78, 5) is 10.8. The van der Waals surface area contributed by atoms with Gasteiger partial charge in [-0.15, -0.1) is 9.81 Å². The Morgan fingerprint density at radius 2 is 2.03 bits per heavy atom. The van der Waals surface area contributed by atoms with E-state index in [1.54, 1.807) is 7.11 Å². The number of aliphatic hydroxyl groups is 1. The minimum absolute atomic E-state index is 0.120. The number of nitrogen functional groups attached to an aromatic ring is 1. The molecule has 0 saturated carbocycles. The minimum Gasteiger partial charge on any atom is -0.496 e. The van der Waals surface area contributed by atoms with Crippen molar-refractivity contribution in [2.24, 2.45) is 5.11 Å². The van der Waals surface area contributed by atoms with Gasteiger partial charge in [0, 0.05) is 41.2 Å². The number of likely N-dealkylation sites (tertiary alicyclic amines) is 1. The standard InChI is InChI=1S/C22H30ClN6O2/c1-11(9-30)28-7-15(8-28)18-12(2)17(23)6-16(20(18)31-5)14(4)29-22-19(13(3)27-29)21(24)25-10-26-22/h6,10-11,13-15,30H,7-9H2,1-5H3,(H2,24,25,26)/q+1/t11-,13?,14?/m1/s1. The number of aliphatic hydroxyl groups excluding tert-OH is 1. The molecule has 2 aromatic rings. The lowest BCUT2D eigenvalue weighted by atomic mass is 9.84. The normalized spacial score (nSPS) is 20.7. The van der Waals surface area contributed by atoms with Gasteiger partial charge in [-0.2, -0.15) is 4.98 Å². The number of nitrogens with zero attached hydrogens (tertiary/aromatic N) is 5. The van der Waals surface area contributed by atoms with Crippen molar-refractivity contribution in [2.75, 3.05) is 32.5 Å². The van der Waals surface area contributed by atoms with E-state index in [1.165, 1.54) is 6.33 Å². The molecule has 1 saturated heterocycles. The molecule has 0 amide bonds. The van der Waals surface area contributed by atoms with E-state index in [4.69, 9.17) is 27.2 Å². The van der Waals surface area contributed by atoms with Gasteiger partial charge in [0.15, 0.2) is 0 Å². The summed E-state index contributed by atoms with van der Waals surface area (Å²) in [6.45, 7) is 10.0. The van der Waals surface area contributed by atoms with Gasteiger partial charge < -0.3 is 15.6 Å². The van der Waals surface area contributed by atoms with Crippen LogP contribution in [0.2, 0.25) is 5.02 Å². The van der Waals surface area contributed by atoms with Crippen molar-refractivity contribution >= 4 is 23.2 Å². The molecule has 0 spiro atoms. The highest BCUT2D eigenvalue weighted by molar-refractivity contribution is 6.31. The maximum atomic E-state index is 9.46. The molecule has 0 radical (unpaired) electrons. The zero-order valence-electron chi connectivity index (χ0n) is 18.6. The molecular weight excluding hydrogens is 416 g/mol. The van der Waals surface area contributed by atoms with Crippen LogP contribution in [0.15, 0.2) is 17.5 Å². The first kappa shape index (κ1) is 21.9. The Morgan fingerprint density at radius 1 is 1.32 bits per heavy atom. The van der Waals surface area contributed by atoms with E-state index in [1.807, 2.05) is 31.5 Å². The third kappa shape index (κ3) is 3.56. The predicted octanol–water partition coefficient (Wildman–Crippen LogP) is 3.74. The SMILES string of the molecule is COc1c(C(C)[N+]2=NC(C)c3c(N)ncnc32)cc(Cl)c(C)c1C1CN([C@H](C)CO)C1. The Hall–Kier alpha value is -2.29. The van der Waals surface area contributed by atoms with Crippen LogP contribution in [-0.4, -0.2) is 57.5 Å². The fraction of sp³-hybridized carbons (Fsp3) is 0.545. The van der Waals surface area contributed by atoms with E-state index in [0.717, 1.165) is 46.9 Å². The predicted molar refractivity (Wildman–Crippen MR) is 119 cm³/mol. The highest BCUT2D eigenvalue weighted by atomic mass is 35.5. The maximum Gasteiger partial charge on any atom is 0.354 e. The van der Waals surface area contributed by atoms with Crippen LogP contribution < -0.4 is 10.5 Å². The summed E-state index contributed by atoms with van der Waals surface area (Å²) in [5.41, 5.74) is 10.1. The van der Waals surface area contributed by atoms with Crippen molar-refractivity contribution in [3.05, 3.63) is 39.7 Å². The number of fused-ring (bicyclic) bond motifs is 1. The Labute approximate surface area is 187 Å². The number of methoxy groups -OCH3 is 1. The summed E-state index contributed by atoms with van der Waals surface area (Å²) in [6, 6.07) is 1.84. The van der Waals surface area contributed by atoms with Crippen molar-refractivity contribution in [1.82, 2.24) is 14.9 Å². The molecule has 1 aromatic heterocycles. The van der Waals surface area contributed by atoms with Crippen LogP contribution in [0.4, 0.5) is 11.6 Å². The average Bonchev–Trinajstić information content (AvgIpc) is 3.06. The van der Waals surface area contributed by atoms with Crippen LogP contribution in [0.3, 0.4) is 0 Å². The molecule has 31 heavy (non-hydrogen) atoms. The van der Waals surface area contributed by atoms with Gasteiger partial charge in [-0.05, 0) is 44.3 Å². The van der Waals surface area contributed by atoms with E-state index >= 15 is 0 Å².